The van der Waals surface area contributed by atoms with Crippen molar-refractivity contribution in [3.05, 3.63) is 52.2 Å². The van der Waals surface area contributed by atoms with Crippen LogP contribution >= 0.6 is 11.3 Å². The number of benzene rings is 1. The second-order valence-electron chi connectivity index (χ2n) is 6.01. The zero-order chi connectivity index (χ0) is 18.4. The number of rotatable bonds is 7. The van der Waals surface area contributed by atoms with Crippen molar-refractivity contribution in [2.45, 2.75) is 26.3 Å². The molecule has 0 saturated carbocycles. The van der Waals surface area contributed by atoms with Gasteiger partial charge in [-0.2, -0.15) is 0 Å². The molecular weight excluding hydrogens is 340 g/mol. The number of nitrogens with one attached hydrogen (secondary N) is 2. The molecule has 0 saturated heterocycles. The summed E-state index contributed by atoms with van der Waals surface area (Å²) in [7, 11) is 0. The van der Waals surface area contributed by atoms with Crippen LogP contribution in [0.4, 0.5) is 5.69 Å². The molecule has 0 spiro atoms. The van der Waals surface area contributed by atoms with Gasteiger partial charge in [0.2, 0.25) is 0 Å². The zero-order valence-electron chi connectivity index (χ0n) is 14.0. The summed E-state index contributed by atoms with van der Waals surface area (Å²) >= 11 is 1.32. The Morgan fingerprint density at radius 2 is 1.88 bits per heavy atom. The topological polar surface area (TPSA) is 95.5 Å². The molecule has 2 aromatic rings. The average molecular weight is 360 g/mol. The van der Waals surface area contributed by atoms with Crippen LogP contribution in [0.3, 0.4) is 0 Å². The summed E-state index contributed by atoms with van der Waals surface area (Å²) in [6, 6.07) is 8.95. The minimum absolute atomic E-state index is 0.137. The van der Waals surface area contributed by atoms with Gasteiger partial charge < -0.3 is 15.7 Å². The first-order chi connectivity index (χ1) is 11.9. The Labute approximate surface area is 149 Å². The first-order valence-corrected chi connectivity index (χ1v) is 8.73. The van der Waals surface area contributed by atoms with Crippen LogP contribution in [0.2, 0.25) is 0 Å². The highest BCUT2D eigenvalue weighted by molar-refractivity contribution is 7.12. The first-order valence-electron chi connectivity index (χ1n) is 7.85. The second kappa shape index (κ2) is 8.43. The van der Waals surface area contributed by atoms with Crippen molar-refractivity contribution in [1.82, 2.24) is 5.32 Å². The fourth-order valence-corrected chi connectivity index (χ4v) is 2.89. The lowest BCUT2D eigenvalue weighted by Gasteiger charge is -2.16. The number of carbonyl (C=O) groups is 3. The highest BCUT2D eigenvalue weighted by Crippen LogP contribution is 2.15. The molecule has 25 heavy (non-hydrogen) atoms. The molecule has 0 aliphatic carbocycles. The molecule has 1 aromatic carbocycles. The van der Waals surface area contributed by atoms with Crippen LogP contribution in [0, 0.1) is 5.92 Å². The number of hydrogen-bond acceptors (Lipinski definition) is 4. The average Bonchev–Trinajstić information content (AvgIpc) is 3.08. The standard InChI is InChI=1S/C18H20N2O4S/c1-11(2)9-14(18(23)24)20-16(21)12-5-3-6-13(10-12)19-17(22)15-7-4-8-25-15/h3-8,10-11,14H,9H2,1-2H3,(H,19,22)(H,20,21)(H,23,24)/t14-/m1/s1. The van der Waals surface area contributed by atoms with Crippen LogP contribution in [0.1, 0.15) is 40.3 Å². The normalized spacial score (nSPS) is 11.8. The minimum Gasteiger partial charge on any atom is -0.480 e. The molecule has 1 atom stereocenters. The maximum Gasteiger partial charge on any atom is 0.326 e. The molecular formula is C18H20N2O4S. The van der Waals surface area contributed by atoms with Crippen molar-refractivity contribution in [2.75, 3.05) is 5.32 Å². The van der Waals surface area contributed by atoms with Crippen molar-refractivity contribution in [3.8, 4) is 0 Å². The molecule has 7 heteroatoms. The number of carbonyl (C=O) groups excluding carboxylic acids is 2. The summed E-state index contributed by atoms with van der Waals surface area (Å²) in [4.78, 5) is 36.2. The van der Waals surface area contributed by atoms with Crippen LogP contribution in [0.25, 0.3) is 0 Å². The lowest BCUT2D eigenvalue weighted by atomic mass is 10.0. The summed E-state index contributed by atoms with van der Waals surface area (Å²) in [5.74, 6) is -1.67. The van der Waals surface area contributed by atoms with Gasteiger partial charge in [-0.15, -0.1) is 11.3 Å². The monoisotopic (exact) mass is 360 g/mol. The third-order valence-corrected chi connectivity index (χ3v) is 4.31. The molecule has 2 rings (SSSR count). The number of carboxylic acid groups (broad SMARTS) is 1. The van der Waals surface area contributed by atoms with Crippen molar-refractivity contribution < 1.29 is 19.5 Å². The van der Waals surface area contributed by atoms with Crippen molar-refractivity contribution in [2.24, 2.45) is 5.92 Å². The molecule has 0 aliphatic rings. The summed E-state index contributed by atoms with van der Waals surface area (Å²) in [5, 5.41) is 16.3. The van der Waals surface area contributed by atoms with E-state index in [0.717, 1.165) is 0 Å². The largest absolute Gasteiger partial charge is 0.480 e. The quantitative estimate of drug-likeness (QED) is 0.706. The van der Waals surface area contributed by atoms with Gasteiger partial charge in [-0.05, 0) is 42.0 Å². The zero-order valence-corrected chi connectivity index (χ0v) is 14.8. The molecule has 6 nitrogen and oxygen atoms in total. The Hall–Kier alpha value is -2.67. The van der Waals surface area contributed by atoms with Gasteiger partial charge in [0.15, 0.2) is 0 Å². The molecule has 1 heterocycles. The third kappa shape index (κ3) is 5.42. The van der Waals surface area contributed by atoms with E-state index in [0.29, 0.717) is 22.5 Å². The van der Waals surface area contributed by atoms with Gasteiger partial charge in [-0.25, -0.2) is 4.79 Å². The molecule has 1 aromatic heterocycles. The predicted octanol–water partition coefficient (Wildman–Crippen LogP) is 3.23. The summed E-state index contributed by atoms with van der Waals surface area (Å²) in [6.07, 6.45) is 0.343. The SMILES string of the molecule is CC(C)C[C@@H](NC(=O)c1cccc(NC(=O)c2cccs2)c1)C(=O)O. The lowest BCUT2D eigenvalue weighted by molar-refractivity contribution is -0.139. The van der Waals surface area contributed by atoms with Gasteiger partial charge in [0.05, 0.1) is 4.88 Å². The first kappa shape index (κ1) is 18.7. The Morgan fingerprint density at radius 3 is 2.48 bits per heavy atom. The highest BCUT2D eigenvalue weighted by Gasteiger charge is 2.22. The van der Waals surface area contributed by atoms with Gasteiger partial charge in [0.25, 0.3) is 11.8 Å². The van der Waals surface area contributed by atoms with Gasteiger partial charge in [0.1, 0.15) is 6.04 Å². The molecule has 0 bridgehead atoms. The third-order valence-electron chi connectivity index (χ3n) is 3.44. The van der Waals surface area contributed by atoms with E-state index in [4.69, 9.17) is 0 Å². The molecule has 2 amide bonds. The van der Waals surface area contributed by atoms with Gasteiger partial charge in [-0.1, -0.05) is 26.0 Å². The highest BCUT2D eigenvalue weighted by atomic mass is 32.1. The fourth-order valence-electron chi connectivity index (χ4n) is 2.27. The van der Waals surface area contributed by atoms with E-state index >= 15 is 0 Å². The minimum atomic E-state index is -1.07. The van der Waals surface area contributed by atoms with E-state index in [1.165, 1.54) is 17.4 Å². The molecule has 132 valence electrons. The van der Waals surface area contributed by atoms with Gasteiger partial charge in [-0.3, -0.25) is 9.59 Å². The summed E-state index contributed by atoms with van der Waals surface area (Å²) in [5.41, 5.74) is 0.765. The summed E-state index contributed by atoms with van der Waals surface area (Å²) in [6.45, 7) is 3.78. The number of hydrogen-bond donors (Lipinski definition) is 3. The predicted molar refractivity (Wildman–Crippen MR) is 97.1 cm³/mol. The van der Waals surface area contributed by atoms with E-state index < -0.39 is 17.9 Å². The van der Waals surface area contributed by atoms with E-state index in [-0.39, 0.29) is 11.8 Å². The molecule has 0 radical (unpaired) electrons. The second-order valence-corrected chi connectivity index (χ2v) is 6.95. The van der Waals surface area contributed by atoms with Crippen molar-refractivity contribution in [3.63, 3.8) is 0 Å². The smallest absolute Gasteiger partial charge is 0.326 e. The number of aliphatic carboxylic acids is 1. The van der Waals surface area contributed by atoms with Crippen LogP contribution in [-0.2, 0) is 4.79 Å². The number of thiophene rings is 1. The molecule has 0 unspecified atom stereocenters. The van der Waals surface area contributed by atoms with Crippen LogP contribution in [-0.4, -0.2) is 28.9 Å². The molecule has 3 N–H and O–H groups in total. The van der Waals surface area contributed by atoms with Gasteiger partial charge in [0, 0.05) is 11.3 Å². The molecule has 0 fully saturated rings. The maximum atomic E-state index is 12.3. The van der Waals surface area contributed by atoms with Crippen molar-refractivity contribution in [1.29, 1.82) is 0 Å². The maximum absolute atomic E-state index is 12.3. The van der Waals surface area contributed by atoms with E-state index in [1.54, 1.807) is 35.7 Å². The van der Waals surface area contributed by atoms with E-state index in [2.05, 4.69) is 10.6 Å². The fraction of sp³-hybridized carbons (Fsp3) is 0.278. The van der Waals surface area contributed by atoms with E-state index in [1.807, 2.05) is 13.8 Å². The Kier molecular flexibility index (Phi) is 6.30. The van der Waals surface area contributed by atoms with Gasteiger partial charge >= 0.3 is 5.97 Å². The Balaban J connectivity index is 2.07. The lowest BCUT2D eigenvalue weighted by Crippen LogP contribution is -2.41. The van der Waals surface area contributed by atoms with Crippen LogP contribution in [0.5, 0.6) is 0 Å². The molecule has 0 aliphatic heterocycles. The van der Waals surface area contributed by atoms with Crippen molar-refractivity contribution >= 4 is 34.8 Å². The summed E-state index contributed by atoms with van der Waals surface area (Å²) < 4.78 is 0. The number of anilines is 1. The Bertz CT molecular complexity index is 756. The van der Waals surface area contributed by atoms with E-state index in [9.17, 15) is 19.5 Å². The Morgan fingerprint density at radius 1 is 1.12 bits per heavy atom. The van der Waals surface area contributed by atoms with Crippen LogP contribution < -0.4 is 10.6 Å². The van der Waals surface area contributed by atoms with Crippen LogP contribution in [0.15, 0.2) is 41.8 Å². The number of carboxylic acids is 1. The number of amides is 2.